The minimum Gasteiger partial charge on any atom is -0.351 e. The van der Waals surface area contributed by atoms with Crippen LogP contribution in [0.15, 0.2) is 0 Å². The van der Waals surface area contributed by atoms with Crippen LogP contribution in [0, 0.1) is 28.1 Å². The Morgan fingerprint density at radius 3 is 2.22 bits per heavy atom. The van der Waals surface area contributed by atoms with Crippen LogP contribution >= 0.6 is 0 Å². The lowest BCUT2D eigenvalue weighted by Gasteiger charge is -2.39. The van der Waals surface area contributed by atoms with Crippen molar-refractivity contribution in [2.24, 2.45) is 16.7 Å². The molecule has 3 fully saturated rings. The van der Waals surface area contributed by atoms with Crippen LogP contribution in [-0.2, 0) is 19.2 Å². The number of carbonyl (C=O) groups excluding carboxylic acids is 4. The maximum absolute atomic E-state index is 13.6. The summed E-state index contributed by atoms with van der Waals surface area (Å²) in [5, 5.41) is 17.0. The first-order valence-corrected chi connectivity index (χ1v) is 12.6. The first kappa shape index (κ1) is 28.7. The van der Waals surface area contributed by atoms with Crippen molar-refractivity contribution >= 4 is 23.6 Å². The van der Waals surface area contributed by atoms with Gasteiger partial charge in [0, 0.05) is 18.0 Å². The van der Waals surface area contributed by atoms with E-state index in [4.69, 9.17) is 0 Å². The van der Waals surface area contributed by atoms with Gasteiger partial charge in [-0.15, -0.1) is 0 Å². The fraction of sp³-hybridized carbons (Fsp3) is 0.800. The van der Waals surface area contributed by atoms with Gasteiger partial charge in [0.15, 0.2) is 0 Å². The lowest BCUT2D eigenvalue weighted by atomic mass is 9.67. The molecule has 12 heteroatoms. The smallest absolute Gasteiger partial charge is 0.351 e. The average Bonchev–Trinajstić information content (AvgIpc) is 3.26. The number of halogens is 3. The molecule has 0 bridgehead atoms. The Labute approximate surface area is 214 Å². The summed E-state index contributed by atoms with van der Waals surface area (Å²) >= 11 is 0. The molecular formula is C25H36F3N5O4. The molecule has 3 N–H and O–H groups in total. The molecule has 1 spiro atoms. The van der Waals surface area contributed by atoms with Gasteiger partial charge in [-0.2, -0.15) is 18.4 Å². The molecular weight excluding hydrogens is 491 g/mol. The van der Waals surface area contributed by atoms with Crippen molar-refractivity contribution in [3.8, 4) is 6.07 Å². The highest BCUT2D eigenvalue weighted by molar-refractivity contribution is 5.94. The Morgan fingerprint density at radius 1 is 1.16 bits per heavy atom. The van der Waals surface area contributed by atoms with Crippen molar-refractivity contribution < 1.29 is 32.3 Å². The van der Waals surface area contributed by atoms with Crippen molar-refractivity contribution in [2.75, 3.05) is 6.54 Å². The van der Waals surface area contributed by atoms with Crippen molar-refractivity contribution in [2.45, 2.75) is 103 Å². The number of nitrogens with one attached hydrogen (secondary N) is 3. The minimum atomic E-state index is -5.16. The standard InChI is InChI=1S/C25H36F3N5O4/c1-22(2,3)17(31-21(37)25(26,27)28)20(36)33-13-24(7-6-8-24)11-16(33)19(35)30-15(12-29)9-14-10-23(4,5)32-18(14)34/h14-17H,6-11,13H2,1-5H3,(H,30,35)(H,31,37)(H,32,34)/t14-,15+,16?,17-/m1/s1. The number of amides is 4. The molecule has 37 heavy (non-hydrogen) atoms. The van der Waals surface area contributed by atoms with E-state index in [2.05, 4.69) is 10.6 Å². The molecule has 0 aromatic carbocycles. The highest BCUT2D eigenvalue weighted by Gasteiger charge is 2.54. The number of hydrogen-bond acceptors (Lipinski definition) is 5. The second-order valence-corrected chi connectivity index (χ2v) is 12.5. The molecule has 206 valence electrons. The van der Waals surface area contributed by atoms with Crippen LogP contribution in [0.25, 0.3) is 0 Å². The molecule has 1 saturated carbocycles. The van der Waals surface area contributed by atoms with E-state index >= 15 is 0 Å². The van der Waals surface area contributed by atoms with Crippen LogP contribution in [0.4, 0.5) is 13.2 Å². The third-order valence-corrected chi connectivity index (χ3v) is 7.74. The molecule has 2 aliphatic heterocycles. The second-order valence-electron chi connectivity index (χ2n) is 12.5. The Kier molecular flexibility index (Phi) is 7.61. The van der Waals surface area contributed by atoms with Crippen LogP contribution < -0.4 is 16.0 Å². The Balaban J connectivity index is 1.79. The summed E-state index contributed by atoms with van der Waals surface area (Å²) in [6.45, 7) is 8.54. The minimum absolute atomic E-state index is 0.107. The Morgan fingerprint density at radius 2 is 1.78 bits per heavy atom. The van der Waals surface area contributed by atoms with Crippen molar-refractivity contribution in [1.82, 2.24) is 20.9 Å². The zero-order valence-corrected chi connectivity index (χ0v) is 21.9. The number of nitriles is 1. The number of hydrogen-bond donors (Lipinski definition) is 3. The van der Waals surface area contributed by atoms with E-state index in [0.29, 0.717) is 12.8 Å². The third-order valence-electron chi connectivity index (χ3n) is 7.74. The normalized spacial score (nSPS) is 26.0. The van der Waals surface area contributed by atoms with Crippen LogP contribution in [0.3, 0.4) is 0 Å². The number of carbonyl (C=O) groups is 4. The molecule has 1 unspecified atom stereocenters. The first-order valence-electron chi connectivity index (χ1n) is 12.6. The number of rotatable bonds is 6. The van der Waals surface area contributed by atoms with Crippen LogP contribution in [0.1, 0.15) is 73.1 Å². The number of alkyl halides is 3. The molecule has 0 aromatic heterocycles. The summed E-state index contributed by atoms with van der Waals surface area (Å²) < 4.78 is 39.0. The van der Waals surface area contributed by atoms with Gasteiger partial charge in [-0.3, -0.25) is 19.2 Å². The zero-order chi connectivity index (χ0) is 28.0. The first-order chi connectivity index (χ1) is 16.9. The highest BCUT2D eigenvalue weighted by atomic mass is 19.4. The Bertz CT molecular complexity index is 994. The molecule has 4 atom stereocenters. The van der Waals surface area contributed by atoms with Gasteiger partial charge in [0.05, 0.1) is 6.07 Å². The van der Waals surface area contributed by atoms with E-state index in [-0.39, 0.29) is 24.3 Å². The summed E-state index contributed by atoms with van der Waals surface area (Å²) in [4.78, 5) is 52.2. The van der Waals surface area contributed by atoms with Gasteiger partial charge < -0.3 is 20.9 Å². The van der Waals surface area contributed by atoms with Gasteiger partial charge in [-0.1, -0.05) is 27.2 Å². The summed E-state index contributed by atoms with van der Waals surface area (Å²) in [6, 6.07) is -1.47. The van der Waals surface area contributed by atoms with Crippen LogP contribution in [-0.4, -0.2) is 64.9 Å². The molecule has 1 aliphatic carbocycles. The third kappa shape index (κ3) is 6.36. The molecule has 0 aromatic rings. The fourth-order valence-electron chi connectivity index (χ4n) is 5.67. The van der Waals surface area contributed by atoms with Gasteiger partial charge in [0.2, 0.25) is 17.7 Å². The van der Waals surface area contributed by atoms with E-state index in [1.54, 1.807) is 0 Å². The topological polar surface area (TPSA) is 131 Å². The summed E-state index contributed by atoms with van der Waals surface area (Å²) in [5.41, 5.74) is -1.79. The van der Waals surface area contributed by atoms with Crippen LogP contribution in [0.5, 0.6) is 0 Å². The maximum atomic E-state index is 13.6. The lowest BCUT2D eigenvalue weighted by Crippen LogP contribution is -2.59. The van der Waals surface area contributed by atoms with Crippen molar-refractivity contribution in [3.05, 3.63) is 0 Å². The molecule has 9 nitrogen and oxygen atoms in total. The molecule has 2 heterocycles. The van der Waals surface area contributed by atoms with E-state index in [9.17, 15) is 37.6 Å². The van der Waals surface area contributed by atoms with E-state index in [1.165, 1.54) is 25.7 Å². The van der Waals surface area contributed by atoms with Gasteiger partial charge in [-0.25, -0.2) is 0 Å². The largest absolute Gasteiger partial charge is 0.471 e. The van der Waals surface area contributed by atoms with Gasteiger partial charge >= 0.3 is 12.1 Å². The summed E-state index contributed by atoms with van der Waals surface area (Å²) in [7, 11) is 0. The summed E-state index contributed by atoms with van der Waals surface area (Å²) in [6.07, 6.45) is -1.77. The van der Waals surface area contributed by atoms with Crippen molar-refractivity contribution in [3.63, 3.8) is 0 Å². The highest BCUT2D eigenvalue weighted by Crippen LogP contribution is 2.50. The van der Waals surface area contributed by atoms with Gasteiger partial charge in [-0.05, 0) is 56.8 Å². The molecule has 3 aliphatic rings. The number of likely N-dealkylation sites (tertiary alicyclic amines) is 1. The Hall–Kier alpha value is -2.84. The van der Waals surface area contributed by atoms with Crippen LogP contribution in [0.2, 0.25) is 0 Å². The number of nitrogens with zero attached hydrogens (tertiary/aromatic N) is 2. The van der Waals surface area contributed by atoms with E-state index in [0.717, 1.165) is 19.3 Å². The SMILES string of the molecule is CC1(C)C[C@@H](C[C@@H](C#N)NC(=O)C2CC3(CCC3)CN2C(=O)[C@@H](NC(=O)C(F)(F)F)C(C)(C)C)C(=O)N1. The quantitative estimate of drug-likeness (QED) is 0.487. The van der Waals surface area contributed by atoms with Gasteiger partial charge in [0.1, 0.15) is 18.1 Å². The zero-order valence-electron chi connectivity index (χ0n) is 21.9. The van der Waals surface area contributed by atoms with E-state index < -0.39 is 58.9 Å². The van der Waals surface area contributed by atoms with Crippen molar-refractivity contribution in [1.29, 1.82) is 5.26 Å². The maximum Gasteiger partial charge on any atom is 0.471 e. The predicted molar refractivity (Wildman–Crippen MR) is 126 cm³/mol. The lowest BCUT2D eigenvalue weighted by molar-refractivity contribution is -0.176. The summed E-state index contributed by atoms with van der Waals surface area (Å²) in [5.74, 6) is -4.22. The second kappa shape index (κ2) is 9.80. The van der Waals surface area contributed by atoms with E-state index in [1.807, 2.05) is 25.2 Å². The molecule has 2 saturated heterocycles. The predicted octanol–water partition coefficient (Wildman–Crippen LogP) is 2.16. The molecule has 3 rings (SSSR count). The monoisotopic (exact) mass is 527 g/mol. The molecule has 0 radical (unpaired) electrons. The average molecular weight is 528 g/mol. The fourth-order valence-corrected chi connectivity index (χ4v) is 5.67. The molecule has 4 amide bonds. The van der Waals surface area contributed by atoms with Gasteiger partial charge in [0.25, 0.3) is 0 Å².